The summed E-state index contributed by atoms with van der Waals surface area (Å²) in [6.45, 7) is 6.50. The number of benzene rings is 1. The lowest BCUT2D eigenvalue weighted by atomic mass is 9.91. The molecule has 0 spiro atoms. The molecule has 0 aliphatic carbocycles. The Bertz CT molecular complexity index is 655. The number of aryl methyl sites for hydroxylation is 1. The van der Waals surface area contributed by atoms with Gasteiger partial charge in [-0.1, -0.05) is 51.1 Å². The largest absolute Gasteiger partial charge is 0.324 e. The average molecular weight is 314 g/mol. The molecular weight excluding hydrogens is 288 g/mol. The van der Waals surface area contributed by atoms with Crippen molar-refractivity contribution in [1.82, 2.24) is 9.78 Å². The van der Waals surface area contributed by atoms with E-state index in [1.165, 1.54) is 0 Å². The number of nitrogens with one attached hydrogen (secondary N) is 1. The Morgan fingerprint density at radius 2 is 1.96 bits per heavy atom. The zero-order chi connectivity index (χ0) is 17.0. The standard InChI is InChI=1S/C18H26N4O/c1-18(2,3)12-14-10-16(22(4)21-14)20-17(23)11-15(19)13-8-6-5-7-9-13/h5-10,15H,11-12,19H2,1-4H3,(H,20,23). The van der Waals surface area contributed by atoms with Gasteiger partial charge in [-0.15, -0.1) is 0 Å². The van der Waals surface area contributed by atoms with Crippen LogP contribution in [0.15, 0.2) is 36.4 Å². The van der Waals surface area contributed by atoms with Gasteiger partial charge in [-0.05, 0) is 17.4 Å². The van der Waals surface area contributed by atoms with Gasteiger partial charge in [0.05, 0.1) is 5.69 Å². The highest BCUT2D eigenvalue weighted by Crippen LogP contribution is 2.22. The fourth-order valence-corrected chi connectivity index (χ4v) is 2.49. The van der Waals surface area contributed by atoms with E-state index >= 15 is 0 Å². The van der Waals surface area contributed by atoms with Crippen LogP contribution in [0.1, 0.15) is 44.5 Å². The van der Waals surface area contributed by atoms with Crippen molar-refractivity contribution in [3.8, 4) is 0 Å². The molecule has 1 aromatic carbocycles. The number of carbonyl (C=O) groups excluding carboxylic acids is 1. The number of amides is 1. The van der Waals surface area contributed by atoms with Gasteiger partial charge in [0, 0.05) is 25.6 Å². The fraction of sp³-hybridized carbons (Fsp3) is 0.444. The molecule has 1 heterocycles. The Hall–Kier alpha value is -2.14. The first kappa shape index (κ1) is 17.2. The quantitative estimate of drug-likeness (QED) is 0.891. The number of aromatic nitrogens is 2. The van der Waals surface area contributed by atoms with Crippen molar-refractivity contribution < 1.29 is 4.79 Å². The first-order valence-electron chi connectivity index (χ1n) is 7.88. The highest BCUT2D eigenvalue weighted by molar-refractivity contribution is 5.90. The Morgan fingerprint density at radius 1 is 1.30 bits per heavy atom. The van der Waals surface area contributed by atoms with Crippen molar-refractivity contribution in [1.29, 1.82) is 0 Å². The summed E-state index contributed by atoms with van der Waals surface area (Å²) in [5, 5.41) is 7.36. The number of hydrogen-bond acceptors (Lipinski definition) is 3. The maximum absolute atomic E-state index is 12.2. The number of carbonyl (C=O) groups is 1. The van der Waals surface area contributed by atoms with Gasteiger partial charge in [0.2, 0.25) is 5.91 Å². The lowest BCUT2D eigenvalue weighted by Gasteiger charge is -2.15. The van der Waals surface area contributed by atoms with E-state index in [1.807, 2.05) is 43.4 Å². The molecule has 23 heavy (non-hydrogen) atoms. The fourth-order valence-electron chi connectivity index (χ4n) is 2.49. The van der Waals surface area contributed by atoms with Crippen LogP contribution in [0.2, 0.25) is 0 Å². The van der Waals surface area contributed by atoms with Crippen molar-refractivity contribution in [2.45, 2.75) is 39.7 Å². The molecule has 1 amide bonds. The molecule has 0 bridgehead atoms. The first-order chi connectivity index (χ1) is 10.7. The van der Waals surface area contributed by atoms with Gasteiger partial charge in [-0.25, -0.2) is 0 Å². The summed E-state index contributed by atoms with van der Waals surface area (Å²) in [5.74, 6) is 0.598. The molecule has 2 rings (SSSR count). The predicted molar refractivity (Wildman–Crippen MR) is 93.0 cm³/mol. The van der Waals surface area contributed by atoms with Crippen molar-refractivity contribution in [2.75, 3.05) is 5.32 Å². The summed E-state index contributed by atoms with van der Waals surface area (Å²) >= 11 is 0. The number of rotatable bonds is 5. The van der Waals surface area contributed by atoms with Crippen LogP contribution in [0.5, 0.6) is 0 Å². The average Bonchev–Trinajstić information content (AvgIpc) is 2.77. The third-order valence-electron chi connectivity index (χ3n) is 3.54. The molecule has 124 valence electrons. The maximum Gasteiger partial charge on any atom is 0.227 e. The predicted octanol–water partition coefficient (Wildman–Crippen LogP) is 3.04. The van der Waals surface area contributed by atoms with Crippen LogP contribution in [0.25, 0.3) is 0 Å². The van der Waals surface area contributed by atoms with Gasteiger partial charge in [-0.2, -0.15) is 5.10 Å². The van der Waals surface area contributed by atoms with E-state index in [9.17, 15) is 4.79 Å². The van der Waals surface area contributed by atoms with E-state index in [2.05, 4.69) is 31.2 Å². The second-order valence-corrected chi connectivity index (χ2v) is 7.15. The third-order valence-corrected chi connectivity index (χ3v) is 3.54. The Balaban J connectivity index is 1.98. The normalized spacial score (nSPS) is 12.9. The Kier molecular flexibility index (Phi) is 5.21. The molecule has 2 aromatic rings. The highest BCUT2D eigenvalue weighted by Gasteiger charge is 2.17. The van der Waals surface area contributed by atoms with E-state index in [0.717, 1.165) is 17.7 Å². The van der Waals surface area contributed by atoms with Crippen LogP contribution in [-0.2, 0) is 18.3 Å². The molecule has 1 atom stereocenters. The zero-order valence-corrected chi connectivity index (χ0v) is 14.3. The second-order valence-electron chi connectivity index (χ2n) is 7.15. The molecule has 0 aliphatic rings. The van der Waals surface area contributed by atoms with Crippen molar-refractivity contribution in [2.24, 2.45) is 18.2 Å². The van der Waals surface area contributed by atoms with Crippen molar-refractivity contribution in [3.05, 3.63) is 47.7 Å². The summed E-state index contributed by atoms with van der Waals surface area (Å²) < 4.78 is 1.70. The number of hydrogen-bond donors (Lipinski definition) is 2. The van der Waals surface area contributed by atoms with Crippen molar-refractivity contribution >= 4 is 11.7 Å². The topological polar surface area (TPSA) is 72.9 Å². The number of anilines is 1. The van der Waals surface area contributed by atoms with Gasteiger partial charge in [0.15, 0.2) is 0 Å². The summed E-state index contributed by atoms with van der Waals surface area (Å²) in [6.07, 6.45) is 1.10. The first-order valence-corrected chi connectivity index (χ1v) is 7.88. The van der Waals surface area contributed by atoms with Gasteiger partial charge in [-0.3, -0.25) is 9.48 Å². The molecule has 0 fully saturated rings. The minimum atomic E-state index is -0.307. The molecule has 0 radical (unpaired) electrons. The van der Waals surface area contributed by atoms with Gasteiger partial charge >= 0.3 is 0 Å². The van der Waals surface area contributed by atoms with Crippen LogP contribution in [0.3, 0.4) is 0 Å². The number of nitrogens with zero attached hydrogens (tertiary/aromatic N) is 2. The van der Waals surface area contributed by atoms with Crippen molar-refractivity contribution in [3.63, 3.8) is 0 Å². The summed E-state index contributed by atoms with van der Waals surface area (Å²) in [4.78, 5) is 12.2. The van der Waals surface area contributed by atoms with Gasteiger partial charge in [0.1, 0.15) is 5.82 Å². The van der Waals surface area contributed by atoms with Crippen LogP contribution >= 0.6 is 0 Å². The lowest BCUT2D eigenvalue weighted by molar-refractivity contribution is -0.116. The molecule has 3 N–H and O–H groups in total. The van der Waals surface area contributed by atoms with E-state index in [1.54, 1.807) is 4.68 Å². The monoisotopic (exact) mass is 314 g/mol. The smallest absolute Gasteiger partial charge is 0.227 e. The van der Waals surface area contributed by atoms with E-state index in [-0.39, 0.29) is 23.8 Å². The van der Waals surface area contributed by atoms with E-state index in [0.29, 0.717) is 5.82 Å². The maximum atomic E-state index is 12.2. The minimum absolute atomic E-state index is 0.105. The van der Waals surface area contributed by atoms with Crippen LogP contribution in [-0.4, -0.2) is 15.7 Å². The summed E-state index contributed by atoms with van der Waals surface area (Å²) in [6, 6.07) is 11.3. The molecule has 5 heteroatoms. The molecule has 0 aliphatic heterocycles. The van der Waals surface area contributed by atoms with Gasteiger partial charge in [0.25, 0.3) is 0 Å². The molecule has 1 aromatic heterocycles. The van der Waals surface area contributed by atoms with Crippen LogP contribution in [0, 0.1) is 5.41 Å². The SMILES string of the molecule is Cn1nc(CC(C)(C)C)cc1NC(=O)CC(N)c1ccccc1. The van der Waals surface area contributed by atoms with E-state index in [4.69, 9.17) is 5.73 Å². The minimum Gasteiger partial charge on any atom is -0.324 e. The lowest BCUT2D eigenvalue weighted by Crippen LogP contribution is -2.21. The summed E-state index contributed by atoms with van der Waals surface area (Å²) in [5.41, 5.74) is 8.18. The highest BCUT2D eigenvalue weighted by atomic mass is 16.1. The Morgan fingerprint density at radius 3 is 2.57 bits per heavy atom. The molecule has 0 saturated carbocycles. The molecular formula is C18H26N4O. The van der Waals surface area contributed by atoms with Crippen LogP contribution in [0.4, 0.5) is 5.82 Å². The van der Waals surface area contributed by atoms with Crippen LogP contribution < -0.4 is 11.1 Å². The molecule has 1 unspecified atom stereocenters. The Labute approximate surface area is 137 Å². The van der Waals surface area contributed by atoms with E-state index < -0.39 is 0 Å². The zero-order valence-electron chi connectivity index (χ0n) is 14.3. The molecule has 5 nitrogen and oxygen atoms in total. The number of nitrogens with two attached hydrogens (primary N) is 1. The van der Waals surface area contributed by atoms with Gasteiger partial charge < -0.3 is 11.1 Å². The second kappa shape index (κ2) is 6.96. The summed E-state index contributed by atoms with van der Waals surface area (Å²) in [7, 11) is 1.83. The molecule has 0 saturated heterocycles. The third kappa shape index (κ3) is 5.21.